The first-order valence-corrected chi connectivity index (χ1v) is 16.3. The number of ether oxygens (including phenoxy) is 2. The number of benzene rings is 3. The third-order valence-electron chi connectivity index (χ3n) is 6.80. The van der Waals surface area contributed by atoms with Gasteiger partial charge >= 0.3 is 0 Å². The number of nitrogens with zero attached hydrogens (tertiary/aromatic N) is 2. The molecule has 0 amide bonds. The number of aliphatic hydroxyl groups is 1. The Hall–Kier alpha value is -3.12. The molecule has 212 valence electrons. The Morgan fingerprint density at radius 2 is 1.78 bits per heavy atom. The summed E-state index contributed by atoms with van der Waals surface area (Å²) in [7, 11) is -3.16. The molecule has 12 heteroatoms. The molecule has 0 saturated carbocycles. The van der Waals surface area contributed by atoms with Crippen molar-refractivity contribution in [3.63, 3.8) is 0 Å². The molecule has 1 unspecified atom stereocenters. The molecule has 1 aliphatic heterocycles. The van der Waals surface area contributed by atoms with Gasteiger partial charge in [0.25, 0.3) is 11.6 Å². The average molecular weight is 631 g/mol. The van der Waals surface area contributed by atoms with Gasteiger partial charge in [-0.05, 0) is 72.1 Å². The SMILES string of the molecule is CS(=O)(=O)Cc1cnc(Oc2ccc([C@H]3c4[nH]c5ccc(Cl)cc5c4CCN3C(O)Oc3ccc(Cl)cc3)cc2)s1. The fourth-order valence-electron chi connectivity index (χ4n) is 5.06. The van der Waals surface area contributed by atoms with Gasteiger partial charge in [-0.1, -0.05) is 46.7 Å². The fourth-order valence-corrected chi connectivity index (χ4v) is 7.40. The zero-order valence-corrected chi connectivity index (χ0v) is 24.9. The van der Waals surface area contributed by atoms with Crippen LogP contribution >= 0.6 is 34.5 Å². The van der Waals surface area contributed by atoms with E-state index < -0.39 is 16.3 Å². The number of fused-ring (bicyclic) bond motifs is 3. The number of rotatable bonds is 8. The number of thiazole rings is 1. The van der Waals surface area contributed by atoms with Crippen molar-refractivity contribution in [2.24, 2.45) is 0 Å². The van der Waals surface area contributed by atoms with Crippen LogP contribution in [0.3, 0.4) is 0 Å². The Balaban J connectivity index is 1.31. The van der Waals surface area contributed by atoms with Crippen molar-refractivity contribution in [2.75, 3.05) is 12.8 Å². The molecule has 3 aromatic carbocycles. The Kier molecular flexibility index (Phi) is 7.71. The van der Waals surface area contributed by atoms with Crippen LogP contribution in [0.2, 0.25) is 10.0 Å². The molecule has 2 N–H and O–H groups in total. The highest BCUT2D eigenvalue weighted by Crippen LogP contribution is 2.41. The minimum atomic E-state index is -3.16. The third-order valence-corrected chi connectivity index (χ3v) is 9.18. The van der Waals surface area contributed by atoms with E-state index in [1.807, 2.05) is 47.4 Å². The van der Waals surface area contributed by atoms with Crippen LogP contribution in [0.25, 0.3) is 10.9 Å². The van der Waals surface area contributed by atoms with Crippen LogP contribution < -0.4 is 9.47 Å². The van der Waals surface area contributed by atoms with E-state index in [-0.39, 0.29) is 11.8 Å². The smallest absolute Gasteiger partial charge is 0.278 e. The molecule has 0 saturated heterocycles. The van der Waals surface area contributed by atoms with Crippen molar-refractivity contribution in [1.82, 2.24) is 14.9 Å². The summed E-state index contributed by atoms with van der Waals surface area (Å²) in [4.78, 5) is 10.3. The van der Waals surface area contributed by atoms with Gasteiger partial charge < -0.3 is 19.6 Å². The lowest BCUT2D eigenvalue weighted by atomic mass is 9.92. The number of halogens is 2. The molecule has 8 nitrogen and oxygen atoms in total. The first-order chi connectivity index (χ1) is 19.6. The number of H-pyrrole nitrogens is 1. The summed E-state index contributed by atoms with van der Waals surface area (Å²) in [5.41, 5.74) is 3.97. The molecule has 0 fully saturated rings. The van der Waals surface area contributed by atoms with Crippen LogP contribution in [-0.4, -0.2) is 47.6 Å². The maximum absolute atomic E-state index is 11.6. The molecule has 0 aliphatic carbocycles. The highest BCUT2D eigenvalue weighted by atomic mass is 35.5. The van der Waals surface area contributed by atoms with E-state index in [0.717, 1.165) is 27.7 Å². The van der Waals surface area contributed by atoms with Gasteiger partial charge in [0, 0.05) is 50.5 Å². The normalized spacial score (nSPS) is 16.4. The molecule has 0 bridgehead atoms. The maximum atomic E-state index is 11.6. The summed E-state index contributed by atoms with van der Waals surface area (Å²) in [5.74, 6) is 0.971. The monoisotopic (exact) mass is 629 g/mol. The van der Waals surface area contributed by atoms with E-state index in [1.165, 1.54) is 23.8 Å². The Morgan fingerprint density at radius 3 is 2.51 bits per heavy atom. The van der Waals surface area contributed by atoms with Crippen molar-refractivity contribution >= 4 is 55.3 Å². The van der Waals surface area contributed by atoms with Crippen LogP contribution in [0.4, 0.5) is 0 Å². The predicted octanol–water partition coefficient (Wildman–Crippen LogP) is 6.57. The lowest BCUT2D eigenvalue weighted by Crippen LogP contribution is -2.46. The number of hydrogen-bond acceptors (Lipinski definition) is 8. The zero-order chi connectivity index (χ0) is 28.7. The molecule has 2 atom stereocenters. The van der Waals surface area contributed by atoms with E-state index in [9.17, 15) is 13.5 Å². The van der Waals surface area contributed by atoms with Gasteiger partial charge in [0.15, 0.2) is 9.84 Å². The van der Waals surface area contributed by atoms with E-state index in [0.29, 0.717) is 44.6 Å². The standard InChI is InChI=1S/C29H25Cl2N3O5S2/c1-41(36,37)16-22-15-32-28(40-22)38-20-7-2-17(3-8-20)27-26-23(24-14-19(31)6-11-25(24)33-26)12-13-34(27)29(35)39-21-9-4-18(30)5-10-21/h2-11,14-15,27,29,33,35H,12-13,16H2,1H3/t27-,29?/m0/s1. The highest BCUT2D eigenvalue weighted by molar-refractivity contribution is 7.90. The van der Waals surface area contributed by atoms with Crippen molar-refractivity contribution in [3.8, 4) is 16.7 Å². The minimum absolute atomic E-state index is 0.0804. The van der Waals surface area contributed by atoms with E-state index in [1.54, 1.807) is 24.3 Å². The first kappa shape index (κ1) is 28.0. The summed E-state index contributed by atoms with van der Waals surface area (Å²) >= 11 is 13.5. The second kappa shape index (κ2) is 11.3. The molecular weight excluding hydrogens is 605 g/mol. The van der Waals surface area contributed by atoms with Crippen LogP contribution in [0.15, 0.2) is 72.9 Å². The molecule has 0 radical (unpaired) electrons. The largest absolute Gasteiger partial charge is 0.451 e. The molecule has 2 aromatic heterocycles. The molecule has 5 aromatic rings. The fraction of sp³-hybridized carbons (Fsp3) is 0.207. The molecule has 6 rings (SSSR count). The van der Waals surface area contributed by atoms with Crippen LogP contribution in [0.5, 0.6) is 16.7 Å². The van der Waals surface area contributed by atoms with Gasteiger partial charge in [-0.25, -0.2) is 18.3 Å². The lowest BCUT2D eigenvalue weighted by Gasteiger charge is -2.38. The van der Waals surface area contributed by atoms with Crippen LogP contribution in [-0.2, 0) is 22.0 Å². The Morgan fingerprint density at radius 1 is 1.07 bits per heavy atom. The second-order valence-electron chi connectivity index (χ2n) is 9.83. The van der Waals surface area contributed by atoms with E-state index in [4.69, 9.17) is 32.7 Å². The number of nitrogens with one attached hydrogen (secondary N) is 1. The Labute approximate surface area is 251 Å². The molecular formula is C29H25Cl2N3O5S2. The zero-order valence-electron chi connectivity index (χ0n) is 21.8. The Bertz CT molecular complexity index is 1800. The summed E-state index contributed by atoms with van der Waals surface area (Å²) < 4.78 is 35.0. The number of aliphatic hydroxyl groups excluding tert-OH is 1. The number of sulfone groups is 1. The number of aromatic nitrogens is 2. The topological polar surface area (TPSA) is 105 Å². The molecule has 0 spiro atoms. The van der Waals surface area contributed by atoms with Crippen molar-refractivity contribution in [2.45, 2.75) is 24.6 Å². The van der Waals surface area contributed by atoms with Crippen LogP contribution in [0.1, 0.15) is 27.7 Å². The van der Waals surface area contributed by atoms with Crippen molar-refractivity contribution < 1.29 is 23.0 Å². The summed E-state index contributed by atoms with van der Waals surface area (Å²) in [6, 6.07) is 19.8. The van der Waals surface area contributed by atoms with Gasteiger partial charge in [-0.3, -0.25) is 0 Å². The second-order valence-corrected chi connectivity index (χ2v) is 13.9. The van der Waals surface area contributed by atoms with Crippen LogP contribution in [0, 0.1) is 0 Å². The summed E-state index contributed by atoms with van der Waals surface area (Å²) in [6.07, 6.45) is 2.16. The summed E-state index contributed by atoms with van der Waals surface area (Å²) in [6.45, 7) is 0.534. The van der Waals surface area contributed by atoms with Gasteiger partial charge in [0.1, 0.15) is 11.5 Å². The van der Waals surface area contributed by atoms with Gasteiger partial charge in [-0.2, -0.15) is 0 Å². The number of hydrogen-bond donors (Lipinski definition) is 2. The molecule has 3 heterocycles. The quantitative estimate of drug-likeness (QED) is 0.187. The minimum Gasteiger partial charge on any atom is -0.451 e. The molecule has 1 aliphatic rings. The lowest BCUT2D eigenvalue weighted by molar-refractivity contribution is -0.150. The van der Waals surface area contributed by atoms with E-state index in [2.05, 4.69) is 9.97 Å². The highest BCUT2D eigenvalue weighted by Gasteiger charge is 2.36. The summed E-state index contributed by atoms with van der Waals surface area (Å²) in [5, 5.41) is 13.9. The van der Waals surface area contributed by atoms with Crippen molar-refractivity contribution in [1.29, 1.82) is 0 Å². The van der Waals surface area contributed by atoms with Gasteiger partial charge in [-0.15, -0.1) is 0 Å². The molecule has 41 heavy (non-hydrogen) atoms. The number of aromatic amines is 1. The third kappa shape index (κ3) is 6.23. The van der Waals surface area contributed by atoms with Crippen molar-refractivity contribution in [3.05, 3.63) is 105 Å². The van der Waals surface area contributed by atoms with Gasteiger partial charge in [0.2, 0.25) is 0 Å². The maximum Gasteiger partial charge on any atom is 0.278 e. The average Bonchev–Trinajstić information content (AvgIpc) is 3.52. The predicted molar refractivity (Wildman–Crippen MR) is 161 cm³/mol. The van der Waals surface area contributed by atoms with Gasteiger partial charge in [0.05, 0.1) is 11.8 Å². The van der Waals surface area contributed by atoms with E-state index >= 15 is 0 Å². The first-order valence-electron chi connectivity index (χ1n) is 12.7.